The van der Waals surface area contributed by atoms with E-state index in [-0.39, 0.29) is 12.3 Å². The molecule has 18 heavy (non-hydrogen) atoms. The summed E-state index contributed by atoms with van der Waals surface area (Å²) >= 11 is 50.3. The zero-order valence-corrected chi connectivity index (χ0v) is 15.2. The fraction of sp³-hybridized carbons (Fsp3) is 1.00. The standard InChI is InChI=1S/C10H10Cl8/c1-7(5(11)12)4-2-10(17,18)8(7,6(13)14)3-9(4,15)16/h4-6H,2-3H2,1H3/t4-,7?,8+/m1/s1. The van der Waals surface area contributed by atoms with E-state index in [1.807, 2.05) is 6.92 Å². The second-order valence-corrected chi connectivity index (χ2v) is 10.5. The fourth-order valence-corrected chi connectivity index (χ4v) is 7.59. The topological polar surface area (TPSA) is 0 Å². The summed E-state index contributed by atoms with van der Waals surface area (Å²) in [5.74, 6) is -0.275. The zero-order chi connectivity index (χ0) is 14.1. The molecule has 0 aromatic heterocycles. The number of hydrogen-bond acceptors (Lipinski definition) is 0. The second kappa shape index (κ2) is 4.66. The first-order valence-electron chi connectivity index (χ1n) is 5.25. The Morgan fingerprint density at radius 3 is 1.78 bits per heavy atom. The summed E-state index contributed by atoms with van der Waals surface area (Å²) < 4.78 is -2.19. The molecule has 3 atom stereocenters. The molecular formula is C10H10Cl8. The SMILES string of the molecule is CC1(C(Cl)Cl)[C@H]2CC(Cl)(Cl)[C@]1(C(Cl)Cl)CC2(Cl)Cl. The van der Waals surface area contributed by atoms with Crippen molar-refractivity contribution in [3.05, 3.63) is 0 Å². The summed E-state index contributed by atoms with van der Waals surface area (Å²) in [6, 6.07) is 0. The van der Waals surface area contributed by atoms with Crippen molar-refractivity contribution >= 4 is 92.8 Å². The van der Waals surface area contributed by atoms with E-state index in [0.717, 1.165) is 0 Å². The largest absolute Gasteiger partial charge is 0.127 e. The van der Waals surface area contributed by atoms with Gasteiger partial charge in [0.25, 0.3) is 0 Å². The van der Waals surface area contributed by atoms with Gasteiger partial charge in [-0.3, -0.25) is 0 Å². The Morgan fingerprint density at radius 1 is 0.944 bits per heavy atom. The van der Waals surface area contributed by atoms with E-state index in [4.69, 9.17) is 92.8 Å². The van der Waals surface area contributed by atoms with Crippen LogP contribution >= 0.6 is 92.8 Å². The molecule has 8 heteroatoms. The van der Waals surface area contributed by atoms with Crippen molar-refractivity contribution in [1.29, 1.82) is 0 Å². The number of halogens is 8. The molecule has 0 saturated heterocycles. The normalized spacial score (nSPS) is 45.2. The minimum absolute atomic E-state index is 0.255. The maximum atomic E-state index is 6.43. The van der Waals surface area contributed by atoms with Crippen molar-refractivity contribution in [3.8, 4) is 0 Å². The number of alkyl halides is 8. The van der Waals surface area contributed by atoms with Gasteiger partial charge < -0.3 is 0 Å². The predicted octanol–water partition coefficient (Wildman–Crippen LogP) is 6.36. The Kier molecular flexibility index (Phi) is 4.32. The molecule has 0 heterocycles. The third-order valence-electron chi connectivity index (χ3n) is 4.65. The van der Waals surface area contributed by atoms with Crippen LogP contribution in [0.2, 0.25) is 0 Å². The molecule has 0 amide bonds. The molecular weight excluding hydrogens is 404 g/mol. The van der Waals surface area contributed by atoms with Crippen LogP contribution in [0.15, 0.2) is 0 Å². The molecule has 0 nitrogen and oxygen atoms in total. The fourth-order valence-electron chi connectivity index (χ4n) is 3.58. The summed E-state index contributed by atoms with van der Waals surface area (Å²) in [4.78, 5) is -1.65. The summed E-state index contributed by atoms with van der Waals surface area (Å²) in [5.41, 5.74) is -1.70. The smallest absolute Gasteiger partial charge is 0.105 e. The van der Waals surface area contributed by atoms with E-state index >= 15 is 0 Å². The van der Waals surface area contributed by atoms with Crippen molar-refractivity contribution < 1.29 is 0 Å². The van der Waals surface area contributed by atoms with Gasteiger partial charge in [-0.15, -0.1) is 92.8 Å². The predicted molar refractivity (Wildman–Crippen MR) is 83.1 cm³/mol. The van der Waals surface area contributed by atoms with Gasteiger partial charge in [0.1, 0.15) is 18.3 Å². The van der Waals surface area contributed by atoms with Crippen LogP contribution in [0, 0.1) is 16.7 Å². The van der Waals surface area contributed by atoms with Gasteiger partial charge in [-0.05, 0) is 12.8 Å². The monoisotopic (exact) mass is 410 g/mol. The van der Waals surface area contributed by atoms with Crippen molar-refractivity contribution in [3.63, 3.8) is 0 Å². The molecule has 106 valence electrons. The van der Waals surface area contributed by atoms with Gasteiger partial charge in [0.2, 0.25) is 0 Å². The molecule has 0 spiro atoms. The number of rotatable bonds is 2. The maximum absolute atomic E-state index is 6.43. The minimum atomic E-state index is -1.16. The number of hydrogen-bond donors (Lipinski definition) is 0. The lowest BCUT2D eigenvalue weighted by Gasteiger charge is -2.47. The van der Waals surface area contributed by atoms with E-state index in [1.165, 1.54) is 0 Å². The zero-order valence-electron chi connectivity index (χ0n) is 9.17. The molecule has 1 unspecified atom stereocenters. The van der Waals surface area contributed by atoms with Crippen molar-refractivity contribution in [2.75, 3.05) is 0 Å². The third-order valence-corrected chi connectivity index (χ3v) is 8.08. The van der Waals surface area contributed by atoms with Gasteiger partial charge in [0, 0.05) is 16.7 Å². The van der Waals surface area contributed by atoms with Gasteiger partial charge in [-0.25, -0.2) is 0 Å². The molecule has 0 aliphatic heterocycles. The highest BCUT2D eigenvalue weighted by Gasteiger charge is 2.82. The van der Waals surface area contributed by atoms with Crippen molar-refractivity contribution in [2.45, 2.75) is 38.1 Å². The Morgan fingerprint density at radius 2 is 1.44 bits per heavy atom. The molecule has 0 aromatic carbocycles. The average Bonchev–Trinajstić information content (AvgIpc) is 2.47. The van der Waals surface area contributed by atoms with Gasteiger partial charge in [0.15, 0.2) is 0 Å². The van der Waals surface area contributed by atoms with Gasteiger partial charge in [-0.1, -0.05) is 6.92 Å². The molecule has 2 fully saturated rings. The minimum Gasteiger partial charge on any atom is -0.105 e. The summed E-state index contributed by atoms with van der Waals surface area (Å²) in [6.07, 6.45) is 0.608. The van der Waals surface area contributed by atoms with Gasteiger partial charge in [-0.2, -0.15) is 0 Å². The van der Waals surface area contributed by atoms with E-state index in [2.05, 4.69) is 0 Å². The van der Waals surface area contributed by atoms with Crippen LogP contribution in [0.5, 0.6) is 0 Å². The van der Waals surface area contributed by atoms with Gasteiger partial charge in [0.05, 0.1) is 0 Å². The molecule has 2 rings (SSSR count). The Hall–Kier alpha value is 2.32. The molecule has 2 aliphatic rings. The van der Waals surface area contributed by atoms with Crippen LogP contribution < -0.4 is 0 Å². The van der Waals surface area contributed by atoms with E-state index in [1.54, 1.807) is 0 Å². The molecule has 0 aromatic rings. The highest BCUT2D eigenvalue weighted by molar-refractivity contribution is 6.55. The number of fused-ring (bicyclic) bond motifs is 2. The van der Waals surface area contributed by atoms with Gasteiger partial charge >= 0.3 is 0 Å². The Balaban J connectivity index is 2.67. The van der Waals surface area contributed by atoms with Crippen LogP contribution in [0.4, 0.5) is 0 Å². The van der Waals surface area contributed by atoms with E-state index < -0.39 is 29.2 Å². The van der Waals surface area contributed by atoms with E-state index in [0.29, 0.717) is 6.42 Å². The maximum Gasteiger partial charge on any atom is 0.127 e. The lowest BCUT2D eigenvalue weighted by atomic mass is 9.70. The Bertz CT molecular complexity index is 365. The molecule has 2 aliphatic carbocycles. The average molecular weight is 414 g/mol. The quantitative estimate of drug-likeness (QED) is 0.462. The van der Waals surface area contributed by atoms with Crippen molar-refractivity contribution in [1.82, 2.24) is 0 Å². The third kappa shape index (κ3) is 1.80. The summed E-state index contributed by atoms with van der Waals surface area (Å²) in [6.45, 7) is 1.85. The lowest BCUT2D eigenvalue weighted by molar-refractivity contribution is 0.130. The first-order valence-corrected chi connectivity index (χ1v) is 8.51. The van der Waals surface area contributed by atoms with Crippen LogP contribution in [0.3, 0.4) is 0 Å². The lowest BCUT2D eigenvalue weighted by Crippen LogP contribution is -2.51. The molecule has 0 radical (unpaired) electrons. The Labute approximate surface area is 146 Å². The first kappa shape index (κ1) is 16.7. The van der Waals surface area contributed by atoms with Crippen LogP contribution in [0.1, 0.15) is 19.8 Å². The van der Waals surface area contributed by atoms with Crippen LogP contribution in [0.25, 0.3) is 0 Å². The highest BCUT2D eigenvalue weighted by Crippen LogP contribution is 2.81. The molecule has 2 saturated carbocycles. The molecule has 2 bridgehead atoms. The van der Waals surface area contributed by atoms with Crippen LogP contribution in [-0.4, -0.2) is 18.3 Å². The molecule has 0 N–H and O–H groups in total. The van der Waals surface area contributed by atoms with E-state index in [9.17, 15) is 0 Å². The second-order valence-electron chi connectivity index (χ2n) is 5.25. The van der Waals surface area contributed by atoms with Crippen LogP contribution in [-0.2, 0) is 0 Å². The summed E-state index contributed by atoms with van der Waals surface area (Å²) in [5, 5.41) is 0. The first-order chi connectivity index (χ1) is 7.93. The van der Waals surface area contributed by atoms with Crippen molar-refractivity contribution in [2.24, 2.45) is 16.7 Å². The summed E-state index contributed by atoms with van der Waals surface area (Å²) in [7, 11) is 0. The highest BCUT2D eigenvalue weighted by atomic mass is 35.5.